The summed E-state index contributed by atoms with van der Waals surface area (Å²) in [7, 11) is 4.00. The van der Waals surface area contributed by atoms with E-state index >= 15 is 0 Å². The number of hydrogen-bond acceptors (Lipinski definition) is 4. The summed E-state index contributed by atoms with van der Waals surface area (Å²) in [6, 6.07) is 11.1. The zero-order valence-electron chi connectivity index (χ0n) is 18.2. The summed E-state index contributed by atoms with van der Waals surface area (Å²) in [5.41, 5.74) is 1.35. The molecule has 1 fully saturated rings. The predicted octanol–water partition coefficient (Wildman–Crippen LogP) is 3.27. The van der Waals surface area contributed by atoms with Gasteiger partial charge in [-0.2, -0.15) is 0 Å². The topological polar surface area (TPSA) is 58.1 Å². The third kappa shape index (κ3) is 11.2. The molecule has 1 aliphatic rings. The average Bonchev–Trinajstić information content (AvgIpc) is 3.23. The molecule has 1 heterocycles. The van der Waals surface area contributed by atoms with Gasteiger partial charge in [-0.25, -0.2) is 0 Å². The maximum atomic E-state index is 5.69. The molecule has 1 aromatic rings. The Morgan fingerprint density at radius 2 is 2.03 bits per heavy atom. The van der Waals surface area contributed by atoms with Crippen LogP contribution in [0.3, 0.4) is 0 Å². The van der Waals surface area contributed by atoms with Crippen LogP contribution in [0, 0.1) is 0 Å². The second-order valence-corrected chi connectivity index (χ2v) is 7.53. The average molecular weight is 518 g/mol. The molecular weight excluding hydrogens is 479 g/mol. The summed E-state index contributed by atoms with van der Waals surface area (Å²) in [5.74, 6) is 0.858. The molecule has 1 saturated heterocycles. The lowest BCUT2D eigenvalue weighted by Gasteiger charge is -2.25. The van der Waals surface area contributed by atoms with Gasteiger partial charge in [0.15, 0.2) is 5.96 Å². The van der Waals surface area contributed by atoms with Crippen LogP contribution in [0.1, 0.15) is 38.2 Å². The van der Waals surface area contributed by atoms with Crippen molar-refractivity contribution in [2.24, 2.45) is 4.99 Å². The molecular formula is C22H39IN4O2. The number of nitrogens with zero attached hydrogens (tertiary/aromatic N) is 2. The first-order valence-corrected chi connectivity index (χ1v) is 10.6. The fraction of sp³-hybridized carbons (Fsp3) is 0.682. The van der Waals surface area contributed by atoms with Gasteiger partial charge in [0.05, 0.1) is 12.7 Å². The SMILES string of the molecule is CN=C(NCCCOCC1CCCO1)NCCC(C)N(C)Cc1ccccc1.I. The van der Waals surface area contributed by atoms with Crippen LogP contribution in [-0.2, 0) is 16.0 Å². The molecule has 0 amide bonds. The smallest absolute Gasteiger partial charge is 0.190 e. The lowest BCUT2D eigenvalue weighted by atomic mass is 10.1. The lowest BCUT2D eigenvalue weighted by molar-refractivity contribution is 0.0168. The van der Waals surface area contributed by atoms with Crippen molar-refractivity contribution in [2.45, 2.75) is 51.3 Å². The Labute approximate surface area is 193 Å². The summed E-state index contributed by atoms with van der Waals surface area (Å²) in [4.78, 5) is 6.69. The van der Waals surface area contributed by atoms with Crippen LogP contribution in [0.25, 0.3) is 0 Å². The fourth-order valence-electron chi connectivity index (χ4n) is 3.24. The van der Waals surface area contributed by atoms with Crippen molar-refractivity contribution in [1.82, 2.24) is 15.5 Å². The van der Waals surface area contributed by atoms with E-state index in [9.17, 15) is 0 Å². The Kier molecular flexibility index (Phi) is 14.3. The normalized spacial score (nSPS) is 17.8. The molecule has 1 aromatic carbocycles. The largest absolute Gasteiger partial charge is 0.379 e. The first-order chi connectivity index (χ1) is 13.7. The van der Waals surface area contributed by atoms with Gasteiger partial charge in [0.25, 0.3) is 0 Å². The van der Waals surface area contributed by atoms with Gasteiger partial charge in [-0.15, -0.1) is 24.0 Å². The maximum Gasteiger partial charge on any atom is 0.190 e. The summed E-state index contributed by atoms with van der Waals surface area (Å²) >= 11 is 0. The Hall–Kier alpha value is -0.900. The van der Waals surface area contributed by atoms with Gasteiger partial charge < -0.3 is 20.1 Å². The molecule has 0 aromatic heterocycles. The van der Waals surface area contributed by atoms with Crippen LogP contribution in [0.5, 0.6) is 0 Å². The summed E-state index contributed by atoms with van der Waals surface area (Å²) < 4.78 is 11.2. The molecule has 29 heavy (non-hydrogen) atoms. The van der Waals surface area contributed by atoms with Gasteiger partial charge in [-0.05, 0) is 45.2 Å². The molecule has 1 aliphatic heterocycles. The lowest BCUT2D eigenvalue weighted by Crippen LogP contribution is -2.40. The molecule has 2 rings (SSSR count). The molecule has 2 atom stereocenters. The number of halogens is 1. The number of guanidine groups is 1. The summed E-state index contributed by atoms with van der Waals surface area (Å²) in [6.45, 7) is 7.36. The van der Waals surface area contributed by atoms with Gasteiger partial charge in [0, 0.05) is 45.9 Å². The molecule has 166 valence electrons. The number of aliphatic imine (C=N–C) groups is 1. The number of nitrogens with one attached hydrogen (secondary N) is 2. The highest BCUT2D eigenvalue weighted by Crippen LogP contribution is 2.11. The third-order valence-electron chi connectivity index (χ3n) is 5.19. The zero-order chi connectivity index (χ0) is 20.0. The van der Waals surface area contributed by atoms with E-state index in [0.717, 1.165) is 71.1 Å². The monoisotopic (exact) mass is 518 g/mol. The van der Waals surface area contributed by atoms with Gasteiger partial charge in [-0.3, -0.25) is 9.89 Å². The highest BCUT2D eigenvalue weighted by Gasteiger charge is 2.15. The van der Waals surface area contributed by atoms with Crippen LogP contribution < -0.4 is 10.6 Å². The van der Waals surface area contributed by atoms with E-state index in [1.54, 1.807) is 0 Å². The van der Waals surface area contributed by atoms with Crippen molar-refractivity contribution in [3.63, 3.8) is 0 Å². The molecule has 0 bridgehead atoms. The van der Waals surface area contributed by atoms with E-state index in [2.05, 4.69) is 64.8 Å². The van der Waals surface area contributed by atoms with E-state index in [1.807, 2.05) is 7.05 Å². The van der Waals surface area contributed by atoms with E-state index in [-0.39, 0.29) is 24.0 Å². The summed E-state index contributed by atoms with van der Waals surface area (Å²) in [5, 5.41) is 6.76. The fourth-order valence-corrected chi connectivity index (χ4v) is 3.24. The van der Waals surface area contributed by atoms with Crippen molar-refractivity contribution < 1.29 is 9.47 Å². The number of benzene rings is 1. The molecule has 0 aliphatic carbocycles. The molecule has 2 unspecified atom stereocenters. The third-order valence-corrected chi connectivity index (χ3v) is 5.19. The molecule has 6 nitrogen and oxygen atoms in total. The van der Waals surface area contributed by atoms with Gasteiger partial charge in [-0.1, -0.05) is 30.3 Å². The molecule has 0 spiro atoms. The van der Waals surface area contributed by atoms with Crippen LogP contribution in [0.2, 0.25) is 0 Å². The molecule has 2 N–H and O–H groups in total. The highest BCUT2D eigenvalue weighted by molar-refractivity contribution is 14.0. The first kappa shape index (κ1) is 26.1. The van der Waals surface area contributed by atoms with Gasteiger partial charge in [0.1, 0.15) is 0 Å². The number of rotatable bonds is 12. The van der Waals surface area contributed by atoms with Crippen molar-refractivity contribution in [1.29, 1.82) is 0 Å². The van der Waals surface area contributed by atoms with E-state index < -0.39 is 0 Å². The number of hydrogen-bond donors (Lipinski definition) is 2. The van der Waals surface area contributed by atoms with Crippen LogP contribution in [0.4, 0.5) is 0 Å². The van der Waals surface area contributed by atoms with Crippen LogP contribution >= 0.6 is 24.0 Å². The van der Waals surface area contributed by atoms with Crippen molar-refractivity contribution in [3.05, 3.63) is 35.9 Å². The second kappa shape index (κ2) is 15.9. The van der Waals surface area contributed by atoms with Crippen molar-refractivity contribution in [3.8, 4) is 0 Å². The predicted molar refractivity (Wildman–Crippen MR) is 131 cm³/mol. The molecule has 0 saturated carbocycles. The Morgan fingerprint density at radius 3 is 2.72 bits per heavy atom. The summed E-state index contributed by atoms with van der Waals surface area (Å²) in [6.07, 6.45) is 4.63. The quantitative estimate of drug-likeness (QED) is 0.193. The Bertz CT molecular complexity index is 553. The van der Waals surface area contributed by atoms with E-state index in [1.165, 1.54) is 5.56 Å². The van der Waals surface area contributed by atoms with E-state index in [0.29, 0.717) is 12.1 Å². The Balaban J connectivity index is 0.00000420. The molecule has 0 radical (unpaired) electrons. The Morgan fingerprint density at radius 1 is 1.28 bits per heavy atom. The van der Waals surface area contributed by atoms with Gasteiger partial charge >= 0.3 is 0 Å². The minimum atomic E-state index is 0. The van der Waals surface area contributed by atoms with Crippen LogP contribution in [0.15, 0.2) is 35.3 Å². The van der Waals surface area contributed by atoms with Crippen LogP contribution in [-0.4, -0.2) is 70.0 Å². The minimum Gasteiger partial charge on any atom is -0.379 e. The zero-order valence-corrected chi connectivity index (χ0v) is 20.6. The van der Waals surface area contributed by atoms with Crippen molar-refractivity contribution in [2.75, 3.05) is 47.0 Å². The standard InChI is InChI=1S/C22H38N4O2.HI/c1-19(26(3)17-20-9-5-4-6-10-20)12-14-25-22(23-2)24-13-8-15-27-18-21-11-7-16-28-21;/h4-6,9-10,19,21H,7-8,11-18H2,1-3H3,(H2,23,24,25);1H. The second-order valence-electron chi connectivity index (χ2n) is 7.53. The first-order valence-electron chi connectivity index (χ1n) is 10.6. The van der Waals surface area contributed by atoms with E-state index in [4.69, 9.17) is 9.47 Å². The minimum absolute atomic E-state index is 0. The highest BCUT2D eigenvalue weighted by atomic mass is 127. The number of ether oxygens (including phenoxy) is 2. The maximum absolute atomic E-state index is 5.69. The van der Waals surface area contributed by atoms with Crippen molar-refractivity contribution >= 4 is 29.9 Å². The molecule has 7 heteroatoms. The van der Waals surface area contributed by atoms with Gasteiger partial charge in [0.2, 0.25) is 0 Å².